The van der Waals surface area contributed by atoms with E-state index in [1.807, 2.05) is 20.8 Å². The molecule has 0 spiro atoms. The van der Waals surface area contributed by atoms with E-state index in [0.717, 1.165) is 25.7 Å². The fourth-order valence-corrected chi connectivity index (χ4v) is 1.84. The maximum absolute atomic E-state index is 9.28. The monoisotopic (exact) mass is 404 g/mol. The molecule has 2 aromatic rings. The normalized spacial score (nSPS) is 8.44. The average Bonchev–Trinajstić information content (AvgIpc) is 3.14. The third-order valence-corrected chi connectivity index (χ3v) is 3.21. The van der Waals surface area contributed by atoms with Crippen molar-refractivity contribution in [3.8, 4) is 0 Å². The summed E-state index contributed by atoms with van der Waals surface area (Å²) in [7, 11) is 0. The molecule has 0 N–H and O–H groups in total. The molecule has 146 valence electrons. The van der Waals surface area contributed by atoms with Crippen LogP contribution in [0.4, 0.5) is 0 Å². The fraction of sp³-hybridized carbons (Fsp3) is 0.478. The van der Waals surface area contributed by atoms with Crippen molar-refractivity contribution >= 4 is 29.6 Å². The Bertz CT molecular complexity index is 552. The van der Waals surface area contributed by atoms with Gasteiger partial charge in [0.15, 0.2) is 0 Å². The smallest absolute Gasteiger partial charge is 0.542 e. The Morgan fingerprint density at radius 1 is 0.778 bits per heavy atom. The SMILES string of the molecule is CCC[C-]=O.CCC[C-]=O.CCC[C-]=O.CCc1cccc2[cH-]ccc12.[Ti+4]. The van der Waals surface area contributed by atoms with Crippen LogP contribution >= 0.6 is 0 Å². The Morgan fingerprint density at radius 2 is 1.26 bits per heavy atom. The predicted molar refractivity (Wildman–Crippen MR) is 111 cm³/mol. The molecule has 0 aliphatic rings. The zero-order valence-electron chi connectivity index (χ0n) is 17.1. The number of fused-ring (bicyclic) bond motifs is 1. The van der Waals surface area contributed by atoms with Gasteiger partial charge in [0.05, 0.1) is 0 Å². The molecule has 0 bridgehead atoms. The Hall–Kier alpha value is -1.45. The standard InChI is InChI=1S/C11H11.3C4H7O.Ti/c1-2-9-5-3-6-10-7-4-8-11(9)10;3*1-2-3-4-5;/h3-8H,2H2,1H3;3*2-3H2,1H3;/q4*-1;+4. The van der Waals surface area contributed by atoms with Crippen molar-refractivity contribution in [2.45, 2.75) is 72.6 Å². The van der Waals surface area contributed by atoms with E-state index in [1.54, 1.807) is 18.9 Å². The van der Waals surface area contributed by atoms with Gasteiger partial charge in [-0.05, 0) is 6.42 Å². The largest absolute Gasteiger partial charge is 4.00 e. The molecule has 0 aromatic heterocycles. The first kappa shape index (κ1) is 30.3. The summed E-state index contributed by atoms with van der Waals surface area (Å²) < 4.78 is 0. The zero-order chi connectivity index (χ0) is 20.0. The van der Waals surface area contributed by atoms with E-state index in [1.165, 1.54) is 16.3 Å². The summed E-state index contributed by atoms with van der Waals surface area (Å²) in [6, 6.07) is 12.9. The third kappa shape index (κ3) is 17.7. The Morgan fingerprint density at radius 3 is 1.59 bits per heavy atom. The molecule has 0 saturated heterocycles. The van der Waals surface area contributed by atoms with Gasteiger partial charge in [-0.1, -0.05) is 58.6 Å². The van der Waals surface area contributed by atoms with Gasteiger partial charge >= 0.3 is 21.7 Å². The van der Waals surface area contributed by atoms with Crippen LogP contribution in [0.25, 0.3) is 10.8 Å². The first-order chi connectivity index (χ1) is 12.7. The van der Waals surface area contributed by atoms with Crippen molar-refractivity contribution in [1.82, 2.24) is 0 Å². The van der Waals surface area contributed by atoms with Crippen LogP contribution in [0.1, 0.15) is 71.8 Å². The van der Waals surface area contributed by atoms with Crippen LogP contribution in [0.15, 0.2) is 36.4 Å². The number of benzene rings is 1. The van der Waals surface area contributed by atoms with Gasteiger partial charge in [0.1, 0.15) is 0 Å². The summed E-state index contributed by atoms with van der Waals surface area (Å²) >= 11 is 0. The summed E-state index contributed by atoms with van der Waals surface area (Å²) in [5.74, 6) is 0. The van der Waals surface area contributed by atoms with E-state index in [2.05, 4.69) is 43.3 Å². The van der Waals surface area contributed by atoms with Gasteiger partial charge in [0.2, 0.25) is 0 Å². The van der Waals surface area contributed by atoms with Crippen LogP contribution in [-0.4, -0.2) is 18.9 Å². The first-order valence-corrected chi connectivity index (χ1v) is 9.34. The molecule has 27 heavy (non-hydrogen) atoms. The molecule has 0 aliphatic heterocycles. The molecule has 0 fully saturated rings. The Balaban J connectivity index is -0.000000311. The molecule has 0 radical (unpaired) electrons. The van der Waals surface area contributed by atoms with Crippen LogP contribution in [0.3, 0.4) is 0 Å². The molecule has 4 heteroatoms. The maximum atomic E-state index is 9.28. The summed E-state index contributed by atoms with van der Waals surface area (Å²) in [5.41, 5.74) is 1.45. The molecule has 2 rings (SSSR count). The van der Waals surface area contributed by atoms with Gasteiger partial charge in [0.25, 0.3) is 0 Å². The van der Waals surface area contributed by atoms with Gasteiger partial charge in [-0.3, -0.25) is 18.9 Å². The van der Waals surface area contributed by atoms with E-state index in [-0.39, 0.29) is 21.7 Å². The number of rotatable bonds is 7. The van der Waals surface area contributed by atoms with E-state index < -0.39 is 0 Å². The number of hydrogen-bond acceptors (Lipinski definition) is 3. The van der Waals surface area contributed by atoms with Crippen molar-refractivity contribution in [3.63, 3.8) is 0 Å². The van der Waals surface area contributed by atoms with Gasteiger partial charge in [-0.25, -0.2) is 0 Å². The number of aryl methyl sites for hydroxylation is 1. The van der Waals surface area contributed by atoms with Crippen molar-refractivity contribution < 1.29 is 36.1 Å². The minimum Gasteiger partial charge on any atom is -0.542 e. The van der Waals surface area contributed by atoms with Crippen LogP contribution in [0.2, 0.25) is 0 Å². The van der Waals surface area contributed by atoms with E-state index in [4.69, 9.17) is 0 Å². The number of unbranched alkanes of at least 4 members (excludes halogenated alkanes) is 3. The third-order valence-electron chi connectivity index (χ3n) is 3.21. The molecule has 3 nitrogen and oxygen atoms in total. The molecule has 0 atom stereocenters. The van der Waals surface area contributed by atoms with Gasteiger partial charge < -0.3 is 14.4 Å². The molecule has 0 saturated carbocycles. The maximum Gasteiger partial charge on any atom is 4.00 e. The van der Waals surface area contributed by atoms with Gasteiger partial charge in [0, 0.05) is 0 Å². The van der Waals surface area contributed by atoms with E-state index in [0.29, 0.717) is 19.3 Å². The topological polar surface area (TPSA) is 51.2 Å². The Labute approximate surface area is 180 Å². The molecule has 2 aromatic carbocycles. The average molecular weight is 404 g/mol. The summed E-state index contributed by atoms with van der Waals surface area (Å²) in [6.45, 7) is 8.04. The second-order valence-corrected chi connectivity index (χ2v) is 5.48. The van der Waals surface area contributed by atoms with Crippen molar-refractivity contribution in [3.05, 3.63) is 42.0 Å². The van der Waals surface area contributed by atoms with Gasteiger partial charge in [-0.2, -0.15) is 31.4 Å². The van der Waals surface area contributed by atoms with Crippen LogP contribution in [0, 0.1) is 0 Å². The fourth-order valence-electron chi connectivity index (χ4n) is 1.84. The van der Waals surface area contributed by atoms with Gasteiger partial charge in [-0.15, -0.1) is 29.0 Å². The summed E-state index contributed by atoms with van der Waals surface area (Å²) in [6.07, 6.45) is 10.9. The van der Waals surface area contributed by atoms with Crippen molar-refractivity contribution in [2.24, 2.45) is 0 Å². The first-order valence-electron chi connectivity index (χ1n) is 9.34. The number of carbonyl (C=O) groups excluding carboxylic acids is 3. The molecular weight excluding hydrogens is 372 g/mol. The van der Waals surface area contributed by atoms with Crippen molar-refractivity contribution in [1.29, 1.82) is 0 Å². The van der Waals surface area contributed by atoms with E-state index >= 15 is 0 Å². The second kappa shape index (κ2) is 24.6. The molecule has 0 amide bonds. The summed E-state index contributed by atoms with van der Waals surface area (Å²) in [5, 5.41) is 2.78. The van der Waals surface area contributed by atoms with E-state index in [9.17, 15) is 14.4 Å². The molecule has 0 heterocycles. The number of hydrogen-bond donors (Lipinski definition) is 0. The minimum atomic E-state index is 0. The Kier molecular flexibility index (Phi) is 27.5. The van der Waals surface area contributed by atoms with Crippen molar-refractivity contribution in [2.75, 3.05) is 0 Å². The predicted octanol–water partition coefficient (Wildman–Crippen LogP) is 5.81. The molecule has 0 aliphatic carbocycles. The minimum absolute atomic E-state index is 0. The second-order valence-electron chi connectivity index (χ2n) is 5.48. The van der Waals surface area contributed by atoms with Crippen LogP contribution in [-0.2, 0) is 42.5 Å². The zero-order valence-corrected chi connectivity index (χ0v) is 18.7. The quantitative estimate of drug-likeness (QED) is 0.432. The van der Waals surface area contributed by atoms with Crippen LogP contribution in [0.5, 0.6) is 0 Å². The van der Waals surface area contributed by atoms with Crippen LogP contribution < -0.4 is 0 Å². The summed E-state index contributed by atoms with van der Waals surface area (Å²) in [4.78, 5) is 27.8. The molecule has 0 unspecified atom stereocenters. The molecular formula is C23H32O3Ti.